The van der Waals surface area contributed by atoms with Crippen molar-refractivity contribution in [3.05, 3.63) is 46.4 Å². The topological polar surface area (TPSA) is 71.5 Å². The van der Waals surface area contributed by atoms with Crippen molar-refractivity contribution in [2.24, 2.45) is 0 Å². The number of halogens is 1. The first-order chi connectivity index (χ1) is 16.0. The second-order valence-corrected chi connectivity index (χ2v) is 9.51. The van der Waals surface area contributed by atoms with Gasteiger partial charge in [-0.25, -0.2) is 4.98 Å². The highest BCUT2D eigenvalue weighted by Crippen LogP contribution is 2.33. The first-order valence-corrected chi connectivity index (χ1v) is 12.1. The number of methoxy groups -OCH3 is 2. The molecule has 0 saturated heterocycles. The van der Waals surface area contributed by atoms with Gasteiger partial charge in [-0.15, -0.1) is 0 Å². The summed E-state index contributed by atoms with van der Waals surface area (Å²) in [4.78, 5) is 11.6. The maximum Gasteiger partial charge on any atom is 0.225 e. The summed E-state index contributed by atoms with van der Waals surface area (Å²) < 4.78 is 11.8. The van der Waals surface area contributed by atoms with E-state index in [9.17, 15) is 0 Å². The number of benzene rings is 2. The van der Waals surface area contributed by atoms with Gasteiger partial charge in [-0.1, -0.05) is 35.5 Å². The maximum atomic E-state index is 5.45. The summed E-state index contributed by atoms with van der Waals surface area (Å²) >= 11 is 3.65. The third-order valence-electron chi connectivity index (χ3n) is 6.20. The monoisotopic (exact) mass is 529 g/mol. The van der Waals surface area contributed by atoms with Crippen molar-refractivity contribution in [1.82, 2.24) is 15.3 Å². The fraction of sp³-hybridized carbons (Fsp3) is 0.462. The van der Waals surface area contributed by atoms with Crippen molar-refractivity contribution in [2.45, 2.75) is 51.7 Å². The summed E-state index contributed by atoms with van der Waals surface area (Å²) in [5.41, 5.74) is 2.13. The summed E-state index contributed by atoms with van der Waals surface area (Å²) in [5.74, 6) is 3.13. The Morgan fingerprint density at radius 2 is 1.62 bits per heavy atom. The van der Waals surface area contributed by atoms with Crippen LogP contribution in [-0.4, -0.2) is 50.4 Å². The molecule has 0 atom stereocenters. The van der Waals surface area contributed by atoms with Gasteiger partial charge in [-0.2, -0.15) is 4.98 Å². The van der Waals surface area contributed by atoms with Crippen LogP contribution in [0.5, 0.6) is 11.5 Å². The molecule has 0 bridgehead atoms. The van der Waals surface area contributed by atoms with Crippen LogP contribution in [0.25, 0.3) is 10.9 Å². The Hall–Kier alpha value is -2.58. The summed E-state index contributed by atoms with van der Waals surface area (Å²) in [6, 6.07) is 13.0. The molecule has 0 radical (unpaired) electrons. The Bertz CT molecular complexity index is 1100. The highest BCUT2D eigenvalue weighted by Gasteiger charge is 2.22. The van der Waals surface area contributed by atoms with Gasteiger partial charge in [0.25, 0.3) is 0 Å². The fourth-order valence-electron chi connectivity index (χ4n) is 4.38. The highest BCUT2D eigenvalue weighted by molar-refractivity contribution is 9.10. The van der Waals surface area contributed by atoms with Gasteiger partial charge in [0, 0.05) is 42.6 Å². The normalized spacial score (nSPS) is 17.7. The van der Waals surface area contributed by atoms with E-state index >= 15 is 0 Å². The number of nitrogens with one attached hydrogen (secondary N) is 2. The second kappa shape index (κ2) is 11.7. The van der Waals surface area contributed by atoms with Gasteiger partial charge in [0.05, 0.1) is 19.7 Å². The van der Waals surface area contributed by atoms with Crippen LogP contribution >= 0.6 is 15.9 Å². The molecule has 8 heteroatoms. The first-order valence-electron chi connectivity index (χ1n) is 11.3. The van der Waals surface area contributed by atoms with Crippen LogP contribution in [-0.2, 0) is 6.54 Å². The number of aromatic nitrogens is 2. The minimum atomic E-state index is 0. The van der Waals surface area contributed by atoms with Crippen LogP contribution in [0.4, 0.5) is 11.8 Å². The van der Waals surface area contributed by atoms with Gasteiger partial charge in [-0.3, -0.25) is 0 Å². The predicted molar refractivity (Wildman–Crippen MR) is 144 cm³/mol. The van der Waals surface area contributed by atoms with Crippen LogP contribution in [0.15, 0.2) is 40.9 Å². The van der Waals surface area contributed by atoms with E-state index in [0.717, 1.165) is 70.5 Å². The summed E-state index contributed by atoms with van der Waals surface area (Å²) in [6.07, 6.45) is 4.38. The van der Waals surface area contributed by atoms with Crippen molar-refractivity contribution in [2.75, 3.05) is 38.5 Å². The van der Waals surface area contributed by atoms with E-state index in [-0.39, 0.29) is 7.43 Å². The Morgan fingerprint density at radius 3 is 2.29 bits per heavy atom. The maximum absolute atomic E-state index is 5.45. The molecule has 1 aliphatic carbocycles. The van der Waals surface area contributed by atoms with E-state index in [2.05, 4.69) is 32.6 Å². The molecule has 1 aromatic heterocycles. The van der Waals surface area contributed by atoms with Gasteiger partial charge < -0.3 is 25.0 Å². The zero-order chi connectivity index (χ0) is 23.4. The number of hydrogen-bond donors (Lipinski definition) is 2. The van der Waals surface area contributed by atoms with Crippen molar-refractivity contribution in [1.29, 1.82) is 0 Å². The molecule has 34 heavy (non-hydrogen) atoms. The first kappa shape index (κ1) is 26.0. The minimum Gasteiger partial charge on any atom is -0.493 e. The Morgan fingerprint density at radius 1 is 0.971 bits per heavy atom. The standard InChI is InChI=1S/C25H32BrN5O2.CH4/c1-31(2)24-19-7-5-6-8-21(19)29-25(30-24)28-18-11-9-17(10-12-18)27-15-16-13-22(32-3)23(33-4)14-20(16)26;/h5-8,13-14,17-18,27H,9-12,15H2,1-4H3,(H,28,29,30);1H4. The molecule has 3 aromatic rings. The molecule has 7 nitrogen and oxygen atoms in total. The van der Waals surface area contributed by atoms with Crippen LogP contribution in [0.3, 0.4) is 0 Å². The van der Waals surface area contributed by atoms with Crippen molar-refractivity contribution in [3.8, 4) is 11.5 Å². The second-order valence-electron chi connectivity index (χ2n) is 8.65. The molecule has 0 unspecified atom stereocenters. The number of para-hydroxylation sites is 1. The Labute approximate surface area is 211 Å². The third kappa shape index (κ3) is 5.91. The number of fused-ring (bicyclic) bond motifs is 1. The zero-order valence-electron chi connectivity index (χ0n) is 19.7. The predicted octanol–water partition coefficient (Wildman–Crippen LogP) is 5.62. The summed E-state index contributed by atoms with van der Waals surface area (Å²) in [5, 5.41) is 8.36. The number of rotatable bonds is 8. The Kier molecular flexibility index (Phi) is 8.97. The summed E-state index contributed by atoms with van der Waals surface area (Å²) in [6.45, 7) is 0.781. The fourth-order valence-corrected chi connectivity index (χ4v) is 4.84. The molecule has 1 aliphatic rings. The minimum absolute atomic E-state index is 0. The van der Waals surface area contributed by atoms with E-state index in [0.29, 0.717) is 18.0 Å². The van der Waals surface area contributed by atoms with E-state index in [4.69, 9.17) is 19.4 Å². The molecule has 2 N–H and O–H groups in total. The third-order valence-corrected chi connectivity index (χ3v) is 6.94. The van der Waals surface area contributed by atoms with Gasteiger partial charge in [0.15, 0.2) is 11.5 Å². The number of anilines is 2. The zero-order valence-corrected chi connectivity index (χ0v) is 21.3. The van der Waals surface area contributed by atoms with Crippen molar-refractivity contribution < 1.29 is 9.47 Å². The smallest absolute Gasteiger partial charge is 0.225 e. The summed E-state index contributed by atoms with van der Waals surface area (Å²) in [7, 11) is 7.36. The van der Waals surface area contributed by atoms with Gasteiger partial charge in [0.2, 0.25) is 5.95 Å². The van der Waals surface area contributed by atoms with E-state index in [1.54, 1.807) is 14.2 Å². The number of hydrogen-bond acceptors (Lipinski definition) is 7. The van der Waals surface area contributed by atoms with Gasteiger partial charge >= 0.3 is 0 Å². The molecule has 4 rings (SSSR count). The lowest BCUT2D eigenvalue weighted by atomic mass is 9.91. The lowest BCUT2D eigenvalue weighted by Crippen LogP contribution is -2.37. The van der Waals surface area contributed by atoms with Crippen molar-refractivity contribution in [3.63, 3.8) is 0 Å². The molecular formula is C26H36BrN5O2. The highest BCUT2D eigenvalue weighted by atomic mass is 79.9. The van der Waals surface area contributed by atoms with E-state index in [1.807, 2.05) is 49.3 Å². The molecule has 0 spiro atoms. The van der Waals surface area contributed by atoms with Crippen LogP contribution < -0.4 is 25.0 Å². The molecule has 2 aromatic carbocycles. The molecule has 1 fully saturated rings. The molecular weight excluding hydrogens is 494 g/mol. The number of nitrogens with zero attached hydrogens (tertiary/aromatic N) is 3. The van der Waals surface area contributed by atoms with Crippen LogP contribution in [0.1, 0.15) is 38.7 Å². The van der Waals surface area contributed by atoms with Crippen molar-refractivity contribution >= 4 is 38.6 Å². The molecule has 1 saturated carbocycles. The molecule has 184 valence electrons. The lowest BCUT2D eigenvalue weighted by molar-refractivity contribution is 0.347. The van der Waals surface area contributed by atoms with Crippen LogP contribution in [0, 0.1) is 0 Å². The van der Waals surface area contributed by atoms with Crippen LogP contribution in [0.2, 0.25) is 0 Å². The average Bonchev–Trinajstić information content (AvgIpc) is 2.83. The largest absolute Gasteiger partial charge is 0.493 e. The molecule has 0 amide bonds. The van der Waals surface area contributed by atoms with E-state index in [1.165, 1.54) is 0 Å². The van der Waals surface area contributed by atoms with E-state index < -0.39 is 0 Å². The molecule has 0 aliphatic heterocycles. The number of ether oxygens (including phenoxy) is 2. The van der Waals surface area contributed by atoms with Gasteiger partial charge in [0.1, 0.15) is 5.82 Å². The Balaban J connectivity index is 0.00000324. The molecule has 1 heterocycles. The SMILES string of the molecule is C.COc1cc(Br)c(CNC2CCC(Nc3nc(N(C)C)c4ccccc4n3)CC2)cc1OC. The lowest BCUT2D eigenvalue weighted by Gasteiger charge is -2.30. The quantitative estimate of drug-likeness (QED) is 0.392. The van der Waals surface area contributed by atoms with Gasteiger partial charge in [-0.05, 0) is 55.5 Å². The average molecular weight is 531 g/mol.